The fraction of sp³-hybridized carbons (Fsp3) is 0.400. The normalized spacial score (nSPS) is 16.9. The Morgan fingerprint density at radius 1 is 1.32 bits per heavy atom. The van der Waals surface area contributed by atoms with E-state index in [1.807, 2.05) is 0 Å². The molecule has 1 aliphatic carbocycles. The lowest BCUT2D eigenvalue weighted by Crippen LogP contribution is -2.09. The average molecular weight is 372 g/mol. The van der Waals surface area contributed by atoms with Crippen LogP contribution >= 0.6 is 22.9 Å². The molecule has 1 aromatic carbocycles. The van der Waals surface area contributed by atoms with Crippen molar-refractivity contribution in [3.05, 3.63) is 45.1 Å². The van der Waals surface area contributed by atoms with Crippen LogP contribution in [-0.4, -0.2) is 9.97 Å². The minimum absolute atomic E-state index is 0.313. The molecule has 130 valence electrons. The summed E-state index contributed by atoms with van der Waals surface area (Å²) < 4.78 is 0. The van der Waals surface area contributed by atoms with Crippen molar-refractivity contribution in [2.75, 3.05) is 5.32 Å². The van der Waals surface area contributed by atoms with Gasteiger partial charge in [-0.25, -0.2) is 4.98 Å². The van der Waals surface area contributed by atoms with Gasteiger partial charge >= 0.3 is 0 Å². The van der Waals surface area contributed by atoms with E-state index in [4.69, 9.17) is 11.6 Å². The van der Waals surface area contributed by atoms with E-state index in [1.165, 1.54) is 33.4 Å². The second-order valence-corrected chi connectivity index (χ2v) is 8.38. The first-order valence-electron chi connectivity index (χ1n) is 8.90. The van der Waals surface area contributed by atoms with Crippen molar-refractivity contribution in [1.82, 2.24) is 9.97 Å². The number of nitrogens with one attached hydrogen (secondary N) is 1. The molecule has 0 spiro atoms. The van der Waals surface area contributed by atoms with E-state index in [1.54, 1.807) is 11.3 Å². The quantitative estimate of drug-likeness (QED) is 0.566. The van der Waals surface area contributed by atoms with Crippen molar-refractivity contribution >= 4 is 44.7 Å². The fourth-order valence-corrected chi connectivity index (χ4v) is 5.33. The number of para-hydroxylation sites is 1. The lowest BCUT2D eigenvalue weighted by Gasteiger charge is -2.19. The Kier molecular flexibility index (Phi) is 4.42. The third-order valence-electron chi connectivity index (χ3n) is 5.11. The van der Waals surface area contributed by atoms with Crippen LogP contribution in [0.2, 0.25) is 5.28 Å². The topological polar surface area (TPSA) is 37.8 Å². The van der Waals surface area contributed by atoms with Crippen LogP contribution in [0, 0.1) is 12.8 Å². The number of anilines is 2. The highest BCUT2D eigenvalue weighted by molar-refractivity contribution is 7.19. The largest absolute Gasteiger partial charge is 0.339 e. The van der Waals surface area contributed by atoms with E-state index in [0.29, 0.717) is 5.28 Å². The Morgan fingerprint density at radius 2 is 2.16 bits per heavy atom. The summed E-state index contributed by atoms with van der Waals surface area (Å²) in [5, 5.41) is 5.08. The van der Waals surface area contributed by atoms with E-state index in [2.05, 4.69) is 54.3 Å². The van der Waals surface area contributed by atoms with Crippen LogP contribution in [0.25, 0.3) is 10.2 Å². The van der Waals surface area contributed by atoms with Crippen LogP contribution in [0.3, 0.4) is 0 Å². The van der Waals surface area contributed by atoms with E-state index in [-0.39, 0.29) is 0 Å². The van der Waals surface area contributed by atoms with Gasteiger partial charge in [-0.15, -0.1) is 11.3 Å². The molecule has 4 rings (SSSR count). The van der Waals surface area contributed by atoms with Gasteiger partial charge in [0.2, 0.25) is 5.28 Å². The molecule has 1 N–H and O–H groups in total. The van der Waals surface area contributed by atoms with Crippen molar-refractivity contribution in [2.24, 2.45) is 5.92 Å². The summed E-state index contributed by atoms with van der Waals surface area (Å²) in [5.74, 6) is 1.59. The molecular formula is C20H22ClN3S. The van der Waals surface area contributed by atoms with Gasteiger partial charge in [-0.2, -0.15) is 4.98 Å². The predicted molar refractivity (Wildman–Crippen MR) is 107 cm³/mol. The highest BCUT2D eigenvalue weighted by Gasteiger charge is 2.24. The number of nitrogens with zero attached hydrogens (tertiary/aromatic N) is 2. The Bertz CT molecular complexity index is 948. The Hall–Kier alpha value is -1.65. The lowest BCUT2D eigenvalue weighted by atomic mass is 9.89. The number of aromatic nitrogens is 2. The summed E-state index contributed by atoms with van der Waals surface area (Å²) >= 11 is 8.02. The number of halogens is 1. The molecule has 0 amide bonds. The molecule has 0 radical (unpaired) electrons. The van der Waals surface area contributed by atoms with Crippen LogP contribution in [0.15, 0.2) is 18.2 Å². The van der Waals surface area contributed by atoms with Gasteiger partial charge in [-0.1, -0.05) is 32.0 Å². The first-order chi connectivity index (χ1) is 12.1. The molecule has 0 fully saturated rings. The lowest BCUT2D eigenvalue weighted by molar-refractivity contribution is 0.509. The second-order valence-electron chi connectivity index (χ2n) is 6.96. The van der Waals surface area contributed by atoms with Gasteiger partial charge in [0.1, 0.15) is 10.6 Å². The highest BCUT2D eigenvalue weighted by atomic mass is 35.5. The monoisotopic (exact) mass is 371 g/mol. The molecule has 0 bridgehead atoms. The average Bonchev–Trinajstić information content (AvgIpc) is 2.93. The van der Waals surface area contributed by atoms with Gasteiger partial charge in [0, 0.05) is 10.6 Å². The standard InChI is InChI=1S/C20H22ClN3S/c1-4-13-7-5-6-12(3)17(13)22-18-16-14-9-8-11(2)10-15(14)25-19(16)24-20(21)23-18/h5-7,11H,4,8-10H2,1-3H3,(H,22,23,24). The third kappa shape index (κ3) is 3.02. The number of thiophene rings is 1. The summed E-state index contributed by atoms with van der Waals surface area (Å²) in [5.41, 5.74) is 5.08. The molecular weight excluding hydrogens is 350 g/mol. The molecule has 0 saturated heterocycles. The summed E-state index contributed by atoms with van der Waals surface area (Å²) in [4.78, 5) is 11.5. The minimum atomic E-state index is 0.313. The molecule has 3 nitrogen and oxygen atoms in total. The Labute approximate surface area is 157 Å². The van der Waals surface area contributed by atoms with Gasteiger partial charge in [0.25, 0.3) is 0 Å². The summed E-state index contributed by atoms with van der Waals surface area (Å²) in [6.07, 6.45) is 4.44. The van der Waals surface area contributed by atoms with E-state index < -0.39 is 0 Å². The molecule has 1 aliphatic rings. The predicted octanol–water partition coefficient (Wildman–Crippen LogP) is 6.08. The van der Waals surface area contributed by atoms with Crippen LogP contribution in [0.1, 0.15) is 41.8 Å². The minimum Gasteiger partial charge on any atom is -0.339 e. The van der Waals surface area contributed by atoms with Gasteiger partial charge in [-0.05, 0) is 66.8 Å². The molecule has 25 heavy (non-hydrogen) atoms. The molecule has 1 atom stereocenters. The summed E-state index contributed by atoms with van der Waals surface area (Å²) in [6, 6.07) is 6.40. The zero-order valence-corrected chi connectivity index (χ0v) is 16.4. The number of hydrogen-bond donors (Lipinski definition) is 1. The van der Waals surface area contributed by atoms with Crippen LogP contribution in [0.4, 0.5) is 11.5 Å². The Morgan fingerprint density at radius 3 is 2.96 bits per heavy atom. The molecule has 5 heteroatoms. The number of benzene rings is 1. The maximum atomic E-state index is 6.24. The third-order valence-corrected chi connectivity index (χ3v) is 6.43. The van der Waals surface area contributed by atoms with E-state index >= 15 is 0 Å². The van der Waals surface area contributed by atoms with Gasteiger partial charge in [0.15, 0.2) is 0 Å². The Balaban J connectivity index is 1.88. The number of fused-ring (bicyclic) bond motifs is 3. The van der Waals surface area contributed by atoms with Crippen molar-refractivity contribution in [1.29, 1.82) is 0 Å². The molecule has 0 aliphatic heterocycles. The number of hydrogen-bond acceptors (Lipinski definition) is 4. The van der Waals surface area contributed by atoms with Crippen LogP contribution in [-0.2, 0) is 19.3 Å². The van der Waals surface area contributed by atoms with Crippen molar-refractivity contribution in [2.45, 2.75) is 46.5 Å². The number of rotatable bonds is 3. The summed E-state index contributed by atoms with van der Waals surface area (Å²) in [6.45, 7) is 6.63. The molecule has 0 saturated carbocycles. The van der Waals surface area contributed by atoms with Crippen LogP contribution in [0.5, 0.6) is 0 Å². The van der Waals surface area contributed by atoms with Gasteiger partial charge < -0.3 is 5.32 Å². The zero-order valence-electron chi connectivity index (χ0n) is 14.8. The second kappa shape index (κ2) is 6.58. The zero-order chi connectivity index (χ0) is 17.6. The van der Waals surface area contributed by atoms with Gasteiger partial charge in [0.05, 0.1) is 5.39 Å². The van der Waals surface area contributed by atoms with Crippen molar-refractivity contribution in [3.63, 3.8) is 0 Å². The SMILES string of the molecule is CCc1cccc(C)c1Nc1nc(Cl)nc2sc3c(c12)CCC(C)C3. The first kappa shape index (κ1) is 16.8. The van der Waals surface area contributed by atoms with Gasteiger partial charge in [-0.3, -0.25) is 0 Å². The molecule has 2 heterocycles. The van der Waals surface area contributed by atoms with Crippen molar-refractivity contribution < 1.29 is 0 Å². The molecule has 3 aromatic rings. The maximum absolute atomic E-state index is 6.24. The highest BCUT2D eigenvalue weighted by Crippen LogP contribution is 2.41. The molecule has 2 aromatic heterocycles. The fourth-order valence-electron chi connectivity index (χ4n) is 3.73. The van der Waals surface area contributed by atoms with Crippen LogP contribution < -0.4 is 5.32 Å². The van der Waals surface area contributed by atoms with Crippen molar-refractivity contribution in [3.8, 4) is 0 Å². The van der Waals surface area contributed by atoms with E-state index in [0.717, 1.165) is 41.5 Å². The smallest absolute Gasteiger partial charge is 0.225 e. The maximum Gasteiger partial charge on any atom is 0.225 e. The van der Waals surface area contributed by atoms with E-state index in [9.17, 15) is 0 Å². The molecule has 1 unspecified atom stereocenters. The summed E-state index contributed by atoms with van der Waals surface area (Å²) in [7, 11) is 0. The number of aryl methyl sites for hydroxylation is 3. The first-order valence-corrected chi connectivity index (χ1v) is 10.1.